The molecule has 22 heavy (non-hydrogen) atoms. The number of carbonyl (C=O) groups is 2. The van der Waals surface area contributed by atoms with Gasteiger partial charge in [-0.05, 0) is 30.3 Å². The SMILES string of the molecule is COc1ccc2oc(C(N)=O)c(NC(=O)c3ccco3)c2c1. The van der Waals surface area contributed by atoms with Gasteiger partial charge in [0.25, 0.3) is 11.8 Å². The lowest BCUT2D eigenvalue weighted by molar-refractivity contribution is 0.0977. The molecule has 3 rings (SSSR count). The average molecular weight is 300 g/mol. The van der Waals surface area contributed by atoms with Crippen LogP contribution in [0.15, 0.2) is 45.4 Å². The third-order valence-corrected chi connectivity index (χ3v) is 3.10. The number of ether oxygens (including phenoxy) is 1. The van der Waals surface area contributed by atoms with Crippen LogP contribution in [0.1, 0.15) is 21.1 Å². The number of furan rings is 2. The summed E-state index contributed by atoms with van der Waals surface area (Å²) < 4.78 is 15.6. The zero-order chi connectivity index (χ0) is 15.7. The van der Waals surface area contributed by atoms with E-state index in [0.717, 1.165) is 0 Å². The Morgan fingerprint density at radius 1 is 1.27 bits per heavy atom. The second-order valence-corrected chi connectivity index (χ2v) is 4.46. The molecule has 7 heteroatoms. The number of nitrogens with one attached hydrogen (secondary N) is 1. The van der Waals surface area contributed by atoms with Crippen LogP contribution in [-0.4, -0.2) is 18.9 Å². The maximum absolute atomic E-state index is 12.1. The van der Waals surface area contributed by atoms with E-state index in [0.29, 0.717) is 16.7 Å². The van der Waals surface area contributed by atoms with Crippen LogP contribution in [0, 0.1) is 0 Å². The molecule has 0 bridgehead atoms. The minimum atomic E-state index is -0.787. The maximum atomic E-state index is 12.1. The Labute approximate surface area is 124 Å². The highest BCUT2D eigenvalue weighted by atomic mass is 16.5. The van der Waals surface area contributed by atoms with Crippen LogP contribution in [0.25, 0.3) is 11.0 Å². The first-order chi connectivity index (χ1) is 10.6. The van der Waals surface area contributed by atoms with Gasteiger partial charge in [0.05, 0.1) is 13.4 Å². The van der Waals surface area contributed by atoms with Crippen LogP contribution in [0.3, 0.4) is 0 Å². The van der Waals surface area contributed by atoms with Gasteiger partial charge in [0, 0.05) is 5.39 Å². The number of benzene rings is 1. The van der Waals surface area contributed by atoms with Gasteiger partial charge in [0.2, 0.25) is 5.76 Å². The van der Waals surface area contributed by atoms with E-state index >= 15 is 0 Å². The fourth-order valence-electron chi connectivity index (χ4n) is 2.08. The quantitative estimate of drug-likeness (QED) is 0.769. The van der Waals surface area contributed by atoms with Crippen LogP contribution in [-0.2, 0) is 0 Å². The van der Waals surface area contributed by atoms with Crippen LogP contribution < -0.4 is 15.8 Å². The number of fused-ring (bicyclic) bond motifs is 1. The molecule has 1 aromatic carbocycles. The largest absolute Gasteiger partial charge is 0.497 e. The van der Waals surface area contributed by atoms with Crippen molar-refractivity contribution in [2.75, 3.05) is 12.4 Å². The first kappa shape index (κ1) is 13.7. The van der Waals surface area contributed by atoms with E-state index in [2.05, 4.69) is 5.32 Å². The molecule has 0 aliphatic heterocycles. The third-order valence-electron chi connectivity index (χ3n) is 3.10. The number of methoxy groups -OCH3 is 1. The Morgan fingerprint density at radius 3 is 2.73 bits per heavy atom. The smallest absolute Gasteiger partial charge is 0.291 e. The van der Waals surface area contributed by atoms with Crippen LogP contribution in [0.4, 0.5) is 5.69 Å². The normalized spacial score (nSPS) is 10.6. The summed E-state index contributed by atoms with van der Waals surface area (Å²) >= 11 is 0. The van der Waals surface area contributed by atoms with Crippen LogP contribution >= 0.6 is 0 Å². The highest BCUT2D eigenvalue weighted by Gasteiger charge is 2.22. The molecule has 0 aliphatic carbocycles. The van der Waals surface area contributed by atoms with Crippen molar-refractivity contribution in [3.63, 3.8) is 0 Å². The van der Waals surface area contributed by atoms with Crippen molar-refractivity contribution in [2.24, 2.45) is 5.73 Å². The molecule has 0 fully saturated rings. The molecule has 0 aliphatic rings. The van der Waals surface area contributed by atoms with Crippen LogP contribution in [0.2, 0.25) is 0 Å². The number of anilines is 1. The number of amides is 2. The van der Waals surface area contributed by atoms with Gasteiger partial charge in [-0.2, -0.15) is 0 Å². The molecule has 0 saturated carbocycles. The van der Waals surface area contributed by atoms with Gasteiger partial charge in [-0.1, -0.05) is 0 Å². The van der Waals surface area contributed by atoms with Gasteiger partial charge in [-0.25, -0.2) is 0 Å². The van der Waals surface area contributed by atoms with Crippen molar-refractivity contribution < 1.29 is 23.2 Å². The van der Waals surface area contributed by atoms with Crippen molar-refractivity contribution in [3.05, 3.63) is 48.1 Å². The van der Waals surface area contributed by atoms with Crippen LogP contribution in [0.5, 0.6) is 5.75 Å². The molecule has 0 atom stereocenters. The summed E-state index contributed by atoms with van der Waals surface area (Å²) in [5.74, 6) is -0.781. The second kappa shape index (κ2) is 5.28. The summed E-state index contributed by atoms with van der Waals surface area (Å²) in [4.78, 5) is 23.7. The van der Waals surface area contributed by atoms with E-state index in [1.807, 2.05) is 0 Å². The summed E-state index contributed by atoms with van der Waals surface area (Å²) in [5, 5.41) is 3.09. The summed E-state index contributed by atoms with van der Waals surface area (Å²) in [6.07, 6.45) is 1.38. The Balaban J connectivity index is 2.10. The second-order valence-electron chi connectivity index (χ2n) is 4.46. The first-order valence-electron chi connectivity index (χ1n) is 6.35. The number of primary amides is 1. The Kier molecular flexibility index (Phi) is 3.30. The third kappa shape index (κ3) is 2.28. The monoisotopic (exact) mass is 300 g/mol. The fourth-order valence-corrected chi connectivity index (χ4v) is 2.08. The van der Waals surface area contributed by atoms with Gasteiger partial charge < -0.3 is 24.6 Å². The predicted octanol–water partition coefficient (Wildman–Crippen LogP) is 2.39. The maximum Gasteiger partial charge on any atom is 0.291 e. The van der Waals surface area contributed by atoms with Gasteiger partial charge in [0.15, 0.2) is 5.76 Å². The van der Waals surface area contributed by atoms with Gasteiger partial charge in [-0.15, -0.1) is 0 Å². The minimum absolute atomic E-state index is 0.104. The highest BCUT2D eigenvalue weighted by molar-refractivity contribution is 6.13. The van der Waals surface area contributed by atoms with E-state index in [9.17, 15) is 9.59 Å². The number of nitrogens with two attached hydrogens (primary N) is 1. The van der Waals surface area contributed by atoms with Crippen molar-refractivity contribution in [2.45, 2.75) is 0 Å². The number of carbonyl (C=O) groups excluding carboxylic acids is 2. The average Bonchev–Trinajstić information content (AvgIpc) is 3.14. The van der Waals surface area contributed by atoms with E-state index in [1.165, 1.54) is 19.4 Å². The molecule has 2 amide bonds. The summed E-state index contributed by atoms with van der Waals surface area (Å²) in [5.41, 5.74) is 5.89. The lowest BCUT2D eigenvalue weighted by atomic mass is 10.2. The molecule has 2 aromatic heterocycles. The molecule has 3 aromatic rings. The predicted molar refractivity (Wildman–Crippen MR) is 77.9 cm³/mol. The molecule has 2 heterocycles. The lowest BCUT2D eigenvalue weighted by Gasteiger charge is -2.03. The number of hydrogen-bond acceptors (Lipinski definition) is 5. The topological polar surface area (TPSA) is 108 Å². The molecule has 3 N–H and O–H groups in total. The zero-order valence-electron chi connectivity index (χ0n) is 11.6. The molecular formula is C15H12N2O5. The molecule has 112 valence electrons. The van der Waals surface area contributed by atoms with Crippen molar-refractivity contribution in [3.8, 4) is 5.75 Å². The van der Waals surface area contributed by atoms with Crippen molar-refractivity contribution >= 4 is 28.5 Å². The molecule has 0 spiro atoms. The fraction of sp³-hybridized carbons (Fsp3) is 0.0667. The highest BCUT2D eigenvalue weighted by Crippen LogP contribution is 2.33. The van der Waals surface area contributed by atoms with Gasteiger partial charge in [0.1, 0.15) is 17.0 Å². The lowest BCUT2D eigenvalue weighted by Crippen LogP contribution is -2.16. The molecule has 0 radical (unpaired) electrons. The first-order valence-corrected chi connectivity index (χ1v) is 6.35. The Hall–Kier alpha value is -3.22. The summed E-state index contributed by atoms with van der Waals surface area (Å²) in [6, 6.07) is 8.03. The van der Waals surface area contributed by atoms with Gasteiger partial charge >= 0.3 is 0 Å². The van der Waals surface area contributed by atoms with E-state index in [-0.39, 0.29) is 17.2 Å². The van der Waals surface area contributed by atoms with Gasteiger partial charge in [-0.3, -0.25) is 9.59 Å². The van der Waals surface area contributed by atoms with E-state index < -0.39 is 11.8 Å². The zero-order valence-corrected chi connectivity index (χ0v) is 11.6. The molecular weight excluding hydrogens is 288 g/mol. The van der Waals surface area contributed by atoms with Crippen molar-refractivity contribution in [1.29, 1.82) is 0 Å². The van der Waals surface area contributed by atoms with Crippen molar-refractivity contribution in [1.82, 2.24) is 0 Å². The van der Waals surface area contributed by atoms with E-state index in [1.54, 1.807) is 24.3 Å². The number of hydrogen-bond donors (Lipinski definition) is 2. The Morgan fingerprint density at radius 2 is 2.09 bits per heavy atom. The van der Waals surface area contributed by atoms with E-state index in [4.69, 9.17) is 19.3 Å². The Bertz CT molecular complexity index is 848. The standard InChI is InChI=1S/C15H12N2O5/c1-20-8-4-5-10-9(7-8)12(13(22-10)14(16)18)17-15(19)11-3-2-6-21-11/h2-7H,1H3,(H2,16,18)(H,17,19). The number of rotatable bonds is 4. The minimum Gasteiger partial charge on any atom is -0.497 e. The molecule has 7 nitrogen and oxygen atoms in total. The summed E-state index contributed by atoms with van der Waals surface area (Å²) in [6.45, 7) is 0. The summed E-state index contributed by atoms with van der Waals surface area (Å²) in [7, 11) is 1.51. The molecule has 0 saturated heterocycles. The molecule has 0 unspecified atom stereocenters.